The molecule has 0 saturated carbocycles. The van der Waals surface area contributed by atoms with Gasteiger partial charge in [0.05, 0.1) is 29.2 Å². The number of aliphatic hydroxyl groups is 1. The maximum Gasteiger partial charge on any atom is 0.244 e. The maximum absolute atomic E-state index is 14.0. The average Bonchev–Trinajstić information content (AvgIpc) is 3.49. The van der Waals surface area contributed by atoms with E-state index in [0.29, 0.717) is 13.1 Å². The molecule has 3 N–H and O–H groups in total. The lowest BCUT2D eigenvalue weighted by Gasteiger charge is -2.38. The molecule has 3 aliphatic heterocycles. The number of carbonyl (C=O) groups is 3. The van der Waals surface area contributed by atoms with Crippen molar-refractivity contribution in [2.45, 2.75) is 81.5 Å². The number of hydrogen-bond donors (Lipinski definition) is 3. The van der Waals surface area contributed by atoms with E-state index >= 15 is 0 Å². The third kappa shape index (κ3) is 4.71. The van der Waals surface area contributed by atoms with Gasteiger partial charge in [-0.3, -0.25) is 14.4 Å². The first-order chi connectivity index (χ1) is 16.9. The van der Waals surface area contributed by atoms with Gasteiger partial charge in [0.25, 0.3) is 0 Å². The van der Waals surface area contributed by atoms with Crippen molar-refractivity contribution >= 4 is 29.5 Å². The van der Waals surface area contributed by atoms with Gasteiger partial charge in [-0.05, 0) is 30.7 Å². The molecule has 0 radical (unpaired) electrons. The van der Waals surface area contributed by atoms with Gasteiger partial charge >= 0.3 is 0 Å². The lowest BCUT2D eigenvalue weighted by atomic mass is 9.70. The molecule has 192 valence electrons. The van der Waals surface area contributed by atoms with Crippen LogP contribution in [0.25, 0.3) is 0 Å². The molecule has 6 atom stereocenters. The first-order valence-corrected chi connectivity index (χ1v) is 13.9. The molecule has 0 aromatic heterocycles. The third-order valence-electron chi connectivity index (χ3n) is 7.99. The van der Waals surface area contributed by atoms with Gasteiger partial charge in [-0.15, -0.1) is 11.8 Å². The molecule has 3 fully saturated rings. The van der Waals surface area contributed by atoms with Gasteiger partial charge in [-0.1, -0.05) is 63.9 Å². The van der Waals surface area contributed by atoms with Crippen LogP contribution in [-0.2, 0) is 20.9 Å². The minimum Gasteiger partial charge on any atom is -0.394 e. The summed E-state index contributed by atoms with van der Waals surface area (Å²) in [6.45, 7) is 6.83. The number of aliphatic hydroxyl groups excluding tert-OH is 1. The van der Waals surface area contributed by atoms with E-state index in [1.54, 1.807) is 16.7 Å². The van der Waals surface area contributed by atoms with Crippen LogP contribution in [0.2, 0.25) is 0 Å². The number of fused-ring (bicyclic) bond motifs is 1. The minimum absolute atomic E-state index is 0.0119. The van der Waals surface area contributed by atoms with Crippen molar-refractivity contribution in [3.8, 4) is 0 Å². The Morgan fingerprint density at radius 1 is 1.17 bits per heavy atom. The third-order valence-corrected chi connectivity index (χ3v) is 9.94. The molecule has 3 heterocycles. The van der Waals surface area contributed by atoms with Crippen molar-refractivity contribution in [2.75, 3.05) is 13.2 Å². The Hall–Kier alpha value is -2.06. The Morgan fingerprint density at radius 2 is 1.91 bits per heavy atom. The lowest BCUT2D eigenvalue weighted by molar-refractivity contribution is -0.143. The summed E-state index contributed by atoms with van der Waals surface area (Å²) in [7, 11) is 0. The summed E-state index contributed by atoms with van der Waals surface area (Å²) in [4.78, 5) is 42.7. The highest BCUT2D eigenvalue weighted by atomic mass is 32.2. The van der Waals surface area contributed by atoms with E-state index in [-0.39, 0.29) is 35.5 Å². The summed E-state index contributed by atoms with van der Waals surface area (Å²) in [5.41, 5.74) is 1.01. The van der Waals surface area contributed by atoms with E-state index in [0.717, 1.165) is 37.7 Å². The van der Waals surface area contributed by atoms with Gasteiger partial charge in [0, 0.05) is 18.3 Å². The minimum atomic E-state index is -0.664. The zero-order valence-electron chi connectivity index (χ0n) is 21.0. The normalized spacial score (nSPS) is 30.0. The van der Waals surface area contributed by atoms with Crippen LogP contribution in [0.1, 0.15) is 58.4 Å². The van der Waals surface area contributed by atoms with E-state index < -0.39 is 28.7 Å². The number of amides is 3. The number of thioether (sulfide) groups is 1. The number of rotatable bonds is 11. The largest absolute Gasteiger partial charge is 0.394 e. The molecular formula is C27H39N3O4S. The fraction of sp³-hybridized carbons (Fsp3) is 0.667. The standard InChI is InChI=1S/C27H39N3O4S/c1-4-5-9-14-28-25(33)23-27-13-12-20(35-27)21(24(32)29-15-18-10-7-6-8-11-18)22(27)26(34)30(23)19(16-31)17(2)3/h6-8,10-11,17,19-23,31H,4-5,9,12-16H2,1-3H3,(H,28,33)(H,29,32)/t19-,20-,21+,22-,23?,27?/m0/s1. The number of carbonyl (C=O) groups excluding carboxylic acids is 3. The zero-order valence-corrected chi connectivity index (χ0v) is 21.9. The zero-order chi connectivity index (χ0) is 25.2. The second-order valence-electron chi connectivity index (χ2n) is 10.5. The first kappa shape index (κ1) is 26.0. The molecule has 3 aliphatic rings. The summed E-state index contributed by atoms with van der Waals surface area (Å²) in [6, 6.07) is 8.62. The van der Waals surface area contributed by atoms with Crippen molar-refractivity contribution in [2.24, 2.45) is 17.8 Å². The van der Waals surface area contributed by atoms with Gasteiger partial charge in [0.2, 0.25) is 17.7 Å². The van der Waals surface area contributed by atoms with Crippen molar-refractivity contribution in [3.05, 3.63) is 35.9 Å². The molecule has 2 bridgehead atoms. The topological polar surface area (TPSA) is 98.7 Å². The first-order valence-electron chi connectivity index (χ1n) is 13.1. The Morgan fingerprint density at radius 3 is 2.57 bits per heavy atom. The van der Waals surface area contributed by atoms with Crippen LogP contribution in [0.5, 0.6) is 0 Å². The highest BCUT2D eigenvalue weighted by Gasteiger charge is 2.74. The van der Waals surface area contributed by atoms with Crippen LogP contribution in [0.3, 0.4) is 0 Å². The SMILES string of the molecule is CCCCCNC(=O)C1N([C@@H](CO)C(C)C)C(=O)[C@@H]2[C@H](C(=O)NCc3ccccc3)[C@@H]3CCC12S3. The van der Waals surface area contributed by atoms with Crippen LogP contribution < -0.4 is 10.6 Å². The van der Waals surface area contributed by atoms with Crippen molar-refractivity contribution < 1.29 is 19.5 Å². The summed E-state index contributed by atoms with van der Waals surface area (Å²) in [6.07, 6.45) is 4.55. The van der Waals surface area contributed by atoms with E-state index in [1.807, 2.05) is 44.2 Å². The smallest absolute Gasteiger partial charge is 0.244 e. The summed E-state index contributed by atoms with van der Waals surface area (Å²) < 4.78 is -0.617. The van der Waals surface area contributed by atoms with E-state index in [2.05, 4.69) is 17.6 Å². The summed E-state index contributed by atoms with van der Waals surface area (Å²) >= 11 is 1.67. The van der Waals surface area contributed by atoms with Gasteiger partial charge < -0.3 is 20.6 Å². The van der Waals surface area contributed by atoms with Crippen LogP contribution in [-0.4, -0.2) is 63.0 Å². The van der Waals surface area contributed by atoms with Crippen LogP contribution in [0.4, 0.5) is 0 Å². The Labute approximate surface area is 212 Å². The molecule has 2 unspecified atom stereocenters. The van der Waals surface area contributed by atoms with E-state index in [4.69, 9.17) is 0 Å². The average molecular weight is 502 g/mol. The van der Waals surface area contributed by atoms with Crippen molar-refractivity contribution in [1.82, 2.24) is 15.5 Å². The van der Waals surface area contributed by atoms with E-state index in [1.165, 1.54) is 0 Å². The Kier molecular flexibility index (Phi) is 8.11. The van der Waals surface area contributed by atoms with Crippen LogP contribution in [0.15, 0.2) is 30.3 Å². The molecule has 8 heteroatoms. The fourth-order valence-corrected chi connectivity index (χ4v) is 8.46. The van der Waals surface area contributed by atoms with Crippen LogP contribution in [0, 0.1) is 17.8 Å². The van der Waals surface area contributed by atoms with Gasteiger partial charge in [-0.25, -0.2) is 0 Å². The Balaban J connectivity index is 1.60. The summed E-state index contributed by atoms with van der Waals surface area (Å²) in [5.74, 6) is -1.42. The van der Waals surface area contributed by atoms with Gasteiger partial charge in [0.15, 0.2) is 0 Å². The number of likely N-dealkylation sites (tertiary alicyclic amines) is 1. The van der Waals surface area contributed by atoms with Crippen molar-refractivity contribution in [3.63, 3.8) is 0 Å². The monoisotopic (exact) mass is 501 g/mol. The maximum atomic E-state index is 14.0. The van der Waals surface area contributed by atoms with Gasteiger partial charge in [-0.2, -0.15) is 0 Å². The number of hydrogen-bond acceptors (Lipinski definition) is 5. The predicted molar refractivity (Wildman–Crippen MR) is 137 cm³/mol. The predicted octanol–water partition coefficient (Wildman–Crippen LogP) is 2.72. The molecule has 1 aromatic carbocycles. The molecule has 35 heavy (non-hydrogen) atoms. The molecule has 4 rings (SSSR count). The fourth-order valence-electron chi connectivity index (χ4n) is 6.25. The molecule has 1 aromatic rings. The van der Waals surface area contributed by atoms with Gasteiger partial charge in [0.1, 0.15) is 6.04 Å². The molecule has 1 spiro atoms. The number of nitrogens with zero attached hydrogens (tertiary/aromatic N) is 1. The summed E-state index contributed by atoms with van der Waals surface area (Å²) in [5, 5.41) is 16.4. The van der Waals surface area contributed by atoms with Crippen molar-refractivity contribution in [1.29, 1.82) is 0 Å². The molecule has 3 amide bonds. The highest BCUT2D eigenvalue weighted by molar-refractivity contribution is 8.02. The molecule has 7 nitrogen and oxygen atoms in total. The molecule has 3 saturated heterocycles. The highest BCUT2D eigenvalue weighted by Crippen LogP contribution is 2.66. The van der Waals surface area contributed by atoms with Crippen LogP contribution >= 0.6 is 11.8 Å². The Bertz CT molecular complexity index is 926. The quantitative estimate of drug-likeness (QED) is 0.405. The molecular weight excluding hydrogens is 462 g/mol. The lowest BCUT2D eigenvalue weighted by Crippen LogP contribution is -2.57. The molecule has 0 aliphatic carbocycles. The second-order valence-corrected chi connectivity index (χ2v) is 12.1. The number of unbranched alkanes of at least 4 members (excludes halogenated alkanes) is 2. The second kappa shape index (κ2) is 10.9. The number of benzene rings is 1. The van der Waals surface area contributed by atoms with E-state index in [9.17, 15) is 19.5 Å². The number of nitrogens with one attached hydrogen (secondary N) is 2.